The Morgan fingerprint density at radius 2 is 1.63 bits per heavy atom. The van der Waals surface area contributed by atoms with Crippen LogP contribution >= 0.6 is 0 Å². The SMILES string of the molecule is Cc1ccc(-n2nc(C3(C)CC3)cc2NC(=O)Nc2cnc(N3CCN(C(=O)C4CC4)CC3)c3ccccc23)cc1. The second-order valence-electron chi connectivity index (χ2n) is 11.9. The van der Waals surface area contributed by atoms with Gasteiger partial charge < -0.3 is 15.1 Å². The summed E-state index contributed by atoms with van der Waals surface area (Å²) >= 11 is 0. The Bertz CT molecular complexity index is 1630. The molecule has 2 saturated carbocycles. The molecule has 2 aromatic heterocycles. The Balaban J connectivity index is 1.11. The van der Waals surface area contributed by atoms with Crippen LogP contribution < -0.4 is 15.5 Å². The van der Waals surface area contributed by atoms with Gasteiger partial charge in [0.05, 0.1) is 23.3 Å². The molecular formula is C32H35N7O2. The van der Waals surface area contributed by atoms with Crippen LogP contribution in [0.1, 0.15) is 43.9 Å². The Labute approximate surface area is 239 Å². The number of urea groups is 1. The van der Waals surface area contributed by atoms with Crippen LogP contribution in [0.25, 0.3) is 16.5 Å². The van der Waals surface area contributed by atoms with Crippen LogP contribution in [-0.4, -0.2) is 57.8 Å². The average molecular weight is 550 g/mol. The van der Waals surface area contributed by atoms with Crippen molar-refractivity contribution in [2.45, 2.75) is 44.9 Å². The third kappa shape index (κ3) is 5.01. The largest absolute Gasteiger partial charge is 0.353 e. The van der Waals surface area contributed by atoms with Gasteiger partial charge in [0, 0.05) is 54.4 Å². The van der Waals surface area contributed by atoms with Gasteiger partial charge in [-0.1, -0.05) is 48.9 Å². The number of hydrogen-bond acceptors (Lipinski definition) is 5. The maximum atomic E-state index is 13.3. The van der Waals surface area contributed by atoms with Gasteiger partial charge in [0.25, 0.3) is 0 Å². The number of hydrogen-bond donors (Lipinski definition) is 2. The number of fused-ring (bicyclic) bond motifs is 1. The summed E-state index contributed by atoms with van der Waals surface area (Å²) in [6.45, 7) is 7.17. The van der Waals surface area contributed by atoms with Gasteiger partial charge in [0.2, 0.25) is 5.91 Å². The molecule has 2 aliphatic carbocycles. The van der Waals surface area contributed by atoms with E-state index >= 15 is 0 Å². The highest BCUT2D eigenvalue weighted by Gasteiger charge is 2.42. The molecular weight excluding hydrogens is 514 g/mol. The number of nitrogens with zero attached hydrogens (tertiary/aromatic N) is 5. The maximum absolute atomic E-state index is 13.3. The number of amides is 3. The first-order valence-electron chi connectivity index (χ1n) is 14.6. The minimum atomic E-state index is -0.349. The van der Waals surface area contributed by atoms with Gasteiger partial charge >= 0.3 is 6.03 Å². The fraction of sp³-hybridized carbons (Fsp3) is 0.375. The quantitative estimate of drug-likeness (QED) is 0.332. The Kier molecular flexibility index (Phi) is 6.17. The van der Waals surface area contributed by atoms with Crippen molar-refractivity contribution in [3.63, 3.8) is 0 Å². The predicted molar refractivity (Wildman–Crippen MR) is 161 cm³/mol. The van der Waals surface area contributed by atoms with Crippen LogP contribution in [0.15, 0.2) is 60.8 Å². The van der Waals surface area contributed by atoms with Crippen LogP contribution in [0.2, 0.25) is 0 Å². The zero-order valence-electron chi connectivity index (χ0n) is 23.6. The van der Waals surface area contributed by atoms with E-state index in [1.165, 1.54) is 5.56 Å². The lowest BCUT2D eigenvalue weighted by atomic mass is 10.1. The summed E-state index contributed by atoms with van der Waals surface area (Å²) in [7, 11) is 0. The van der Waals surface area contributed by atoms with Crippen LogP contribution in [-0.2, 0) is 10.2 Å². The molecule has 9 heteroatoms. The first kappa shape index (κ1) is 25.6. The molecule has 1 saturated heterocycles. The fourth-order valence-corrected chi connectivity index (χ4v) is 5.62. The molecule has 3 heterocycles. The molecule has 2 N–H and O–H groups in total. The number of carbonyl (C=O) groups excluding carboxylic acids is 2. The van der Waals surface area contributed by atoms with Gasteiger partial charge in [0.15, 0.2) is 0 Å². The van der Waals surface area contributed by atoms with Crippen molar-refractivity contribution in [3.8, 4) is 5.69 Å². The third-order valence-corrected chi connectivity index (χ3v) is 8.69. The smallest absolute Gasteiger partial charge is 0.324 e. The number of aryl methyl sites for hydroxylation is 1. The Morgan fingerprint density at radius 1 is 0.927 bits per heavy atom. The maximum Gasteiger partial charge on any atom is 0.324 e. The number of aromatic nitrogens is 3. The molecule has 3 aliphatic rings. The highest BCUT2D eigenvalue weighted by atomic mass is 16.2. The van der Waals surface area contributed by atoms with Gasteiger partial charge in [-0.05, 0) is 44.7 Å². The second-order valence-corrected chi connectivity index (χ2v) is 11.9. The topological polar surface area (TPSA) is 95.4 Å². The minimum Gasteiger partial charge on any atom is -0.353 e. The van der Waals surface area contributed by atoms with Crippen molar-refractivity contribution in [1.82, 2.24) is 19.7 Å². The van der Waals surface area contributed by atoms with Crippen molar-refractivity contribution in [2.24, 2.45) is 5.92 Å². The van der Waals surface area contributed by atoms with Gasteiger partial charge in [0.1, 0.15) is 11.6 Å². The van der Waals surface area contributed by atoms with Gasteiger partial charge in [-0.2, -0.15) is 5.10 Å². The van der Waals surface area contributed by atoms with Gasteiger partial charge in [-0.15, -0.1) is 0 Å². The number of piperazine rings is 1. The van der Waals surface area contributed by atoms with E-state index in [1.54, 1.807) is 6.20 Å². The number of carbonyl (C=O) groups is 2. The predicted octanol–water partition coefficient (Wildman–Crippen LogP) is 5.48. The van der Waals surface area contributed by atoms with E-state index in [4.69, 9.17) is 10.1 Å². The highest BCUT2D eigenvalue weighted by molar-refractivity contribution is 6.08. The first-order valence-corrected chi connectivity index (χ1v) is 14.6. The van der Waals surface area contributed by atoms with E-state index < -0.39 is 0 Å². The molecule has 4 aromatic rings. The minimum absolute atomic E-state index is 0.0650. The molecule has 3 amide bonds. The zero-order valence-corrected chi connectivity index (χ0v) is 23.6. The number of rotatable bonds is 6. The summed E-state index contributed by atoms with van der Waals surface area (Å²) in [5, 5.41) is 12.8. The van der Waals surface area contributed by atoms with E-state index in [0.717, 1.165) is 66.7 Å². The summed E-state index contributed by atoms with van der Waals surface area (Å²) in [4.78, 5) is 34.9. The summed E-state index contributed by atoms with van der Waals surface area (Å²) < 4.78 is 1.81. The fourth-order valence-electron chi connectivity index (χ4n) is 5.62. The summed E-state index contributed by atoms with van der Waals surface area (Å²) in [6, 6.07) is 17.8. The Hall–Kier alpha value is -4.40. The summed E-state index contributed by atoms with van der Waals surface area (Å²) in [5.74, 6) is 2.05. The number of benzene rings is 2. The van der Waals surface area contributed by atoms with Gasteiger partial charge in [-0.25, -0.2) is 14.5 Å². The van der Waals surface area contributed by atoms with E-state index in [1.807, 2.05) is 64.2 Å². The van der Waals surface area contributed by atoms with Gasteiger partial charge in [-0.3, -0.25) is 10.1 Å². The monoisotopic (exact) mass is 549 g/mol. The summed E-state index contributed by atoms with van der Waals surface area (Å²) in [5.41, 5.74) is 3.76. The van der Waals surface area contributed by atoms with E-state index in [2.05, 4.69) is 29.4 Å². The number of anilines is 3. The number of nitrogens with one attached hydrogen (secondary N) is 2. The highest BCUT2D eigenvalue weighted by Crippen LogP contribution is 2.47. The van der Waals surface area contributed by atoms with Crippen LogP contribution in [0.5, 0.6) is 0 Å². The van der Waals surface area contributed by atoms with Crippen molar-refractivity contribution in [2.75, 3.05) is 41.7 Å². The lowest BCUT2D eigenvalue weighted by molar-refractivity contribution is -0.132. The molecule has 3 fully saturated rings. The molecule has 0 radical (unpaired) electrons. The first-order chi connectivity index (χ1) is 19.9. The summed E-state index contributed by atoms with van der Waals surface area (Å²) in [6.07, 6.45) is 5.98. The van der Waals surface area contributed by atoms with Crippen molar-refractivity contribution >= 4 is 40.0 Å². The number of pyridine rings is 1. The molecule has 0 bridgehead atoms. The molecule has 2 aromatic carbocycles. The van der Waals surface area contributed by atoms with Crippen LogP contribution in [0, 0.1) is 12.8 Å². The van der Waals surface area contributed by atoms with E-state index in [0.29, 0.717) is 30.5 Å². The zero-order chi connectivity index (χ0) is 28.1. The molecule has 0 unspecified atom stereocenters. The standard InChI is InChI=1S/C32H35N7O2/c1-21-7-11-23(12-8-21)39-28(19-27(36-39)32(2)13-14-32)35-31(41)34-26-20-33-29(25-6-4-3-5-24(25)26)37-15-17-38(18-16-37)30(40)22-9-10-22/h3-8,11-12,19-20,22H,9-10,13-18H2,1-2H3,(H2,34,35,41). The lowest BCUT2D eigenvalue weighted by Gasteiger charge is -2.36. The van der Waals surface area contributed by atoms with Crippen molar-refractivity contribution in [1.29, 1.82) is 0 Å². The Morgan fingerprint density at radius 3 is 2.32 bits per heavy atom. The third-order valence-electron chi connectivity index (χ3n) is 8.69. The van der Waals surface area contributed by atoms with E-state index in [9.17, 15) is 9.59 Å². The van der Waals surface area contributed by atoms with E-state index in [-0.39, 0.29) is 17.4 Å². The van der Waals surface area contributed by atoms with Crippen molar-refractivity contribution in [3.05, 3.63) is 72.1 Å². The molecule has 1 aliphatic heterocycles. The molecule has 41 heavy (non-hydrogen) atoms. The lowest BCUT2D eigenvalue weighted by Crippen LogP contribution is -2.49. The molecule has 7 rings (SSSR count). The molecule has 0 atom stereocenters. The second kappa shape index (κ2) is 9.90. The van der Waals surface area contributed by atoms with Crippen LogP contribution in [0.4, 0.5) is 22.1 Å². The molecule has 210 valence electrons. The normalized spacial score (nSPS) is 17.9. The average Bonchev–Trinajstić information content (AvgIpc) is 3.92. The molecule has 9 nitrogen and oxygen atoms in total. The molecule has 0 spiro atoms. The van der Waals surface area contributed by atoms with Crippen molar-refractivity contribution < 1.29 is 9.59 Å². The van der Waals surface area contributed by atoms with Crippen LogP contribution in [0.3, 0.4) is 0 Å².